The Morgan fingerprint density at radius 1 is 1.29 bits per heavy atom. The van der Waals surface area contributed by atoms with E-state index in [1.54, 1.807) is 11.8 Å². The molecule has 0 aromatic heterocycles. The third kappa shape index (κ3) is 2.15. The smallest absolute Gasteiger partial charge is 0.127 e. The van der Waals surface area contributed by atoms with Crippen LogP contribution in [0.1, 0.15) is 12.8 Å². The van der Waals surface area contributed by atoms with E-state index in [4.69, 9.17) is 5.73 Å². The number of nitrogens with one attached hydrogen (secondary N) is 1. The molecule has 1 aromatic carbocycles. The fourth-order valence-electron chi connectivity index (χ4n) is 2.57. The van der Waals surface area contributed by atoms with Crippen LogP contribution in [0.25, 0.3) is 0 Å². The van der Waals surface area contributed by atoms with Crippen LogP contribution in [-0.4, -0.2) is 18.1 Å². The Kier molecular flexibility index (Phi) is 2.99. The average Bonchev–Trinajstić information content (AvgIpc) is 2.98. The van der Waals surface area contributed by atoms with Gasteiger partial charge in [0.2, 0.25) is 0 Å². The number of nitrogens with two attached hydrogens (primary N) is 1. The van der Waals surface area contributed by atoms with E-state index in [0.717, 1.165) is 6.54 Å². The van der Waals surface area contributed by atoms with Gasteiger partial charge in [-0.25, -0.2) is 0 Å². The van der Waals surface area contributed by atoms with Gasteiger partial charge in [-0.2, -0.15) is 0 Å². The Balaban J connectivity index is 1.81. The van der Waals surface area contributed by atoms with Crippen molar-refractivity contribution in [2.75, 3.05) is 11.4 Å². The summed E-state index contributed by atoms with van der Waals surface area (Å²) in [6.45, 7) is 1.13. The van der Waals surface area contributed by atoms with Gasteiger partial charge < -0.3 is 16.0 Å². The molecule has 1 saturated heterocycles. The van der Waals surface area contributed by atoms with Gasteiger partial charge in [0.05, 0.1) is 6.04 Å². The lowest BCUT2D eigenvalue weighted by atomic mass is 10.1. The summed E-state index contributed by atoms with van der Waals surface area (Å²) >= 11 is 1.67. The van der Waals surface area contributed by atoms with Crippen LogP contribution in [0.2, 0.25) is 0 Å². The SMILES string of the molecule is NC1NC(C2CCCN2c2ccccc2)=CS1. The number of anilines is 1. The van der Waals surface area contributed by atoms with Gasteiger partial charge in [0.15, 0.2) is 0 Å². The first-order chi connectivity index (χ1) is 8.34. The maximum absolute atomic E-state index is 5.86. The number of para-hydroxylation sites is 1. The van der Waals surface area contributed by atoms with Crippen LogP contribution in [0.5, 0.6) is 0 Å². The van der Waals surface area contributed by atoms with Crippen molar-refractivity contribution >= 4 is 17.4 Å². The summed E-state index contributed by atoms with van der Waals surface area (Å²) in [7, 11) is 0. The standard InChI is InChI=1S/C13H17N3S/c14-13-15-11(9-17-13)12-7-4-8-16(12)10-5-2-1-3-6-10/h1-3,5-6,9,12-13,15H,4,7-8,14H2. The van der Waals surface area contributed by atoms with E-state index in [2.05, 4.69) is 46.0 Å². The van der Waals surface area contributed by atoms with Crippen LogP contribution >= 0.6 is 11.8 Å². The number of rotatable bonds is 2. The largest absolute Gasteiger partial charge is 0.363 e. The monoisotopic (exact) mass is 247 g/mol. The molecule has 2 atom stereocenters. The van der Waals surface area contributed by atoms with Crippen molar-refractivity contribution < 1.29 is 0 Å². The van der Waals surface area contributed by atoms with Gasteiger partial charge in [-0.05, 0) is 30.4 Å². The zero-order chi connectivity index (χ0) is 11.7. The van der Waals surface area contributed by atoms with Gasteiger partial charge in [0, 0.05) is 17.9 Å². The lowest BCUT2D eigenvalue weighted by Crippen LogP contribution is -2.39. The van der Waals surface area contributed by atoms with E-state index in [9.17, 15) is 0 Å². The van der Waals surface area contributed by atoms with Gasteiger partial charge in [-0.3, -0.25) is 0 Å². The molecule has 2 aliphatic rings. The van der Waals surface area contributed by atoms with Crippen LogP contribution < -0.4 is 16.0 Å². The van der Waals surface area contributed by atoms with Crippen molar-refractivity contribution in [2.24, 2.45) is 5.73 Å². The van der Waals surface area contributed by atoms with Gasteiger partial charge >= 0.3 is 0 Å². The highest BCUT2D eigenvalue weighted by atomic mass is 32.2. The lowest BCUT2D eigenvalue weighted by molar-refractivity contribution is 0.663. The molecule has 0 saturated carbocycles. The second kappa shape index (κ2) is 4.63. The molecule has 2 unspecified atom stereocenters. The van der Waals surface area contributed by atoms with Crippen LogP contribution in [0.4, 0.5) is 5.69 Å². The molecule has 1 fully saturated rings. The van der Waals surface area contributed by atoms with Gasteiger partial charge in [-0.1, -0.05) is 30.0 Å². The molecule has 1 aromatic rings. The van der Waals surface area contributed by atoms with Gasteiger partial charge in [0.1, 0.15) is 5.50 Å². The normalized spacial score (nSPS) is 28.1. The predicted octanol–water partition coefficient (Wildman–Crippen LogP) is 2.08. The van der Waals surface area contributed by atoms with Crippen molar-refractivity contribution in [1.29, 1.82) is 0 Å². The predicted molar refractivity (Wildman–Crippen MR) is 73.6 cm³/mol. The van der Waals surface area contributed by atoms with E-state index in [-0.39, 0.29) is 5.50 Å². The molecule has 17 heavy (non-hydrogen) atoms. The Morgan fingerprint density at radius 2 is 2.12 bits per heavy atom. The Labute approximate surface area is 106 Å². The summed E-state index contributed by atoms with van der Waals surface area (Å²) in [5.41, 5.74) is 8.48. The highest BCUT2D eigenvalue weighted by molar-refractivity contribution is 8.02. The molecular weight excluding hydrogens is 230 g/mol. The summed E-state index contributed by atoms with van der Waals surface area (Å²) in [4.78, 5) is 2.47. The van der Waals surface area contributed by atoms with E-state index in [0.29, 0.717) is 6.04 Å². The van der Waals surface area contributed by atoms with E-state index < -0.39 is 0 Å². The quantitative estimate of drug-likeness (QED) is 0.839. The van der Waals surface area contributed by atoms with Gasteiger partial charge in [0.25, 0.3) is 0 Å². The molecule has 0 amide bonds. The number of benzene rings is 1. The first-order valence-corrected chi connectivity index (χ1v) is 6.98. The third-order valence-corrected chi connectivity index (χ3v) is 4.15. The fraction of sp³-hybridized carbons (Fsp3) is 0.385. The highest BCUT2D eigenvalue weighted by Gasteiger charge is 2.30. The summed E-state index contributed by atoms with van der Waals surface area (Å²) in [6.07, 6.45) is 2.46. The summed E-state index contributed by atoms with van der Waals surface area (Å²) in [5.74, 6) is 0. The second-order valence-corrected chi connectivity index (χ2v) is 5.48. The minimum atomic E-state index is 0.0308. The summed E-state index contributed by atoms with van der Waals surface area (Å²) in [5, 5.41) is 5.53. The summed E-state index contributed by atoms with van der Waals surface area (Å²) < 4.78 is 0. The molecule has 0 radical (unpaired) electrons. The molecule has 0 bridgehead atoms. The minimum Gasteiger partial charge on any atom is -0.363 e. The number of hydrogen-bond donors (Lipinski definition) is 2. The molecule has 2 aliphatic heterocycles. The van der Waals surface area contributed by atoms with Crippen molar-refractivity contribution in [1.82, 2.24) is 5.32 Å². The van der Waals surface area contributed by atoms with Crippen molar-refractivity contribution in [3.8, 4) is 0 Å². The fourth-order valence-corrected chi connectivity index (χ4v) is 3.29. The van der Waals surface area contributed by atoms with E-state index >= 15 is 0 Å². The van der Waals surface area contributed by atoms with E-state index in [1.165, 1.54) is 24.2 Å². The maximum atomic E-state index is 5.86. The molecule has 0 aliphatic carbocycles. The molecule has 2 heterocycles. The summed E-state index contributed by atoms with van der Waals surface area (Å²) in [6, 6.07) is 11.1. The van der Waals surface area contributed by atoms with Crippen LogP contribution in [0.15, 0.2) is 41.4 Å². The molecule has 3 nitrogen and oxygen atoms in total. The number of thioether (sulfide) groups is 1. The topological polar surface area (TPSA) is 41.3 Å². The number of nitrogens with zero attached hydrogens (tertiary/aromatic N) is 1. The van der Waals surface area contributed by atoms with Crippen LogP contribution in [-0.2, 0) is 0 Å². The Hall–Kier alpha value is -1.13. The molecular formula is C13H17N3S. The molecule has 0 spiro atoms. The van der Waals surface area contributed by atoms with Crippen molar-refractivity contribution in [2.45, 2.75) is 24.4 Å². The van der Waals surface area contributed by atoms with E-state index in [1.807, 2.05) is 0 Å². The van der Waals surface area contributed by atoms with Crippen molar-refractivity contribution in [3.05, 3.63) is 41.4 Å². The molecule has 3 N–H and O–H groups in total. The number of hydrogen-bond acceptors (Lipinski definition) is 4. The lowest BCUT2D eigenvalue weighted by Gasteiger charge is -2.28. The zero-order valence-corrected chi connectivity index (χ0v) is 10.5. The van der Waals surface area contributed by atoms with Crippen LogP contribution in [0, 0.1) is 0 Å². The van der Waals surface area contributed by atoms with Crippen molar-refractivity contribution in [3.63, 3.8) is 0 Å². The average molecular weight is 247 g/mol. The molecule has 3 rings (SSSR count). The highest BCUT2D eigenvalue weighted by Crippen LogP contribution is 2.32. The minimum absolute atomic E-state index is 0.0308. The van der Waals surface area contributed by atoms with Crippen LogP contribution in [0.3, 0.4) is 0 Å². The van der Waals surface area contributed by atoms with Gasteiger partial charge in [-0.15, -0.1) is 0 Å². The zero-order valence-electron chi connectivity index (χ0n) is 9.67. The third-order valence-electron chi connectivity index (χ3n) is 3.35. The first-order valence-electron chi connectivity index (χ1n) is 6.04. The first kappa shape index (κ1) is 11.0. The Bertz CT molecular complexity index is 418. The Morgan fingerprint density at radius 3 is 2.82 bits per heavy atom. The molecule has 4 heteroatoms. The molecule has 90 valence electrons. The second-order valence-electron chi connectivity index (χ2n) is 4.46. The maximum Gasteiger partial charge on any atom is 0.127 e.